The third-order valence-corrected chi connectivity index (χ3v) is 2.59. The maximum atomic E-state index is 11.4. The predicted molar refractivity (Wildman–Crippen MR) is 86.0 cm³/mol. The summed E-state index contributed by atoms with van der Waals surface area (Å²) in [6.45, 7) is 12.5. The van der Waals surface area contributed by atoms with Crippen molar-refractivity contribution in [3.05, 3.63) is 0 Å². The average molecular weight is 319 g/mol. The summed E-state index contributed by atoms with van der Waals surface area (Å²) in [7, 11) is 0. The lowest BCUT2D eigenvalue weighted by molar-refractivity contribution is -0.122. The number of nitrogens with one attached hydrogen (secondary N) is 1. The van der Waals surface area contributed by atoms with Gasteiger partial charge in [0.15, 0.2) is 0 Å². The van der Waals surface area contributed by atoms with Gasteiger partial charge in [-0.25, -0.2) is 0 Å². The van der Waals surface area contributed by atoms with Crippen LogP contribution in [0.4, 0.5) is 0 Å². The van der Waals surface area contributed by atoms with Crippen LogP contribution in [0.25, 0.3) is 0 Å². The van der Waals surface area contributed by atoms with E-state index in [1.165, 1.54) is 0 Å². The molecule has 1 amide bonds. The molecule has 0 heterocycles. The second-order valence-corrected chi connectivity index (χ2v) is 5.70. The molecular weight excluding hydrogens is 286 g/mol. The van der Waals surface area contributed by atoms with Gasteiger partial charge in [-0.2, -0.15) is 0 Å². The molecule has 0 atom stereocenters. The van der Waals surface area contributed by atoms with Crippen molar-refractivity contribution in [1.29, 1.82) is 0 Å². The number of carbonyl (C=O) groups excluding carboxylic acids is 1. The summed E-state index contributed by atoms with van der Waals surface area (Å²) in [5, 5.41) is 2.82. The first-order valence-electron chi connectivity index (χ1n) is 8.14. The highest BCUT2D eigenvalue weighted by atomic mass is 16.6. The van der Waals surface area contributed by atoms with E-state index in [1.54, 1.807) is 0 Å². The minimum Gasteiger partial charge on any atom is -0.377 e. The molecule has 132 valence electrons. The summed E-state index contributed by atoms with van der Waals surface area (Å²) in [5.41, 5.74) is 0. The lowest BCUT2D eigenvalue weighted by Gasteiger charge is -2.09. The van der Waals surface area contributed by atoms with Gasteiger partial charge in [-0.3, -0.25) is 4.79 Å². The average Bonchev–Trinajstić information content (AvgIpc) is 2.42. The van der Waals surface area contributed by atoms with Crippen molar-refractivity contribution in [2.45, 2.75) is 40.2 Å². The molecule has 0 aromatic rings. The van der Waals surface area contributed by atoms with Crippen molar-refractivity contribution in [2.75, 3.05) is 52.8 Å². The van der Waals surface area contributed by atoms with Crippen LogP contribution in [-0.4, -0.2) is 64.8 Å². The predicted octanol–water partition coefficient (Wildman–Crippen LogP) is 1.62. The molecule has 0 saturated heterocycles. The first-order chi connectivity index (χ1) is 10.5. The Morgan fingerprint density at radius 1 is 0.818 bits per heavy atom. The smallest absolute Gasteiger partial charge is 0.220 e. The fourth-order valence-electron chi connectivity index (χ4n) is 1.59. The Morgan fingerprint density at radius 3 is 1.82 bits per heavy atom. The molecule has 6 nitrogen and oxygen atoms in total. The van der Waals surface area contributed by atoms with Gasteiger partial charge in [0.25, 0.3) is 0 Å². The maximum Gasteiger partial charge on any atom is 0.220 e. The van der Waals surface area contributed by atoms with Crippen molar-refractivity contribution in [3.63, 3.8) is 0 Å². The Hall–Kier alpha value is -0.690. The van der Waals surface area contributed by atoms with Gasteiger partial charge in [0, 0.05) is 13.0 Å². The van der Waals surface area contributed by atoms with Crippen LogP contribution in [0.5, 0.6) is 0 Å². The molecule has 0 spiro atoms. The molecule has 6 heteroatoms. The highest BCUT2D eigenvalue weighted by Crippen LogP contribution is 1.97. The summed E-state index contributed by atoms with van der Waals surface area (Å²) in [6.07, 6.45) is 0.804. The zero-order chi connectivity index (χ0) is 16.6. The van der Waals surface area contributed by atoms with Crippen LogP contribution in [0.3, 0.4) is 0 Å². The monoisotopic (exact) mass is 319 g/mol. The van der Waals surface area contributed by atoms with Gasteiger partial charge in [-0.05, 0) is 19.8 Å². The van der Waals surface area contributed by atoms with Crippen LogP contribution in [0.1, 0.15) is 34.1 Å². The van der Waals surface area contributed by atoms with Gasteiger partial charge in [0.2, 0.25) is 5.91 Å². The number of hydrogen-bond acceptors (Lipinski definition) is 5. The molecule has 0 unspecified atom stereocenters. The third-order valence-electron chi connectivity index (χ3n) is 2.59. The lowest BCUT2D eigenvalue weighted by atomic mass is 10.1. The van der Waals surface area contributed by atoms with E-state index in [9.17, 15) is 4.79 Å². The van der Waals surface area contributed by atoms with Gasteiger partial charge >= 0.3 is 0 Å². The molecule has 0 rings (SSSR count). The van der Waals surface area contributed by atoms with Crippen molar-refractivity contribution in [2.24, 2.45) is 5.92 Å². The number of hydrogen-bond donors (Lipinski definition) is 1. The van der Waals surface area contributed by atoms with Crippen molar-refractivity contribution < 1.29 is 23.7 Å². The second-order valence-electron chi connectivity index (χ2n) is 5.70. The Labute approximate surface area is 134 Å². The van der Waals surface area contributed by atoms with E-state index in [-0.39, 0.29) is 12.0 Å². The maximum absolute atomic E-state index is 11.4. The lowest BCUT2D eigenvalue weighted by Crippen LogP contribution is -2.28. The van der Waals surface area contributed by atoms with Crippen LogP contribution >= 0.6 is 0 Å². The Morgan fingerprint density at radius 2 is 1.32 bits per heavy atom. The zero-order valence-corrected chi connectivity index (χ0v) is 14.6. The topological polar surface area (TPSA) is 66.0 Å². The highest BCUT2D eigenvalue weighted by Gasteiger charge is 2.03. The Bertz CT molecular complexity index is 259. The summed E-state index contributed by atoms with van der Waals surface area (Å²) in [6, 6.07) is 0. The molecule has 0 radical (unpaired) electrons. The molecule has 0 aliphatic heterocycles. The normalized spacial score (nSPS) is 11.4. The molecule has 0 aromatic heterocycles. The van der Waals surface area contributed by atoms with E-state index in [4.69, 9.17) is 18.9 Å². The van der Waals surface area contributed by atoms with E-state index in [0.717, 1.165) is 0 Å². The fourth-order valence-corrected chi connectivity index (χ4v) is 1.59. The molecule has 0 aromatic carbocycles. The summed E-state index contributed by atoms with van der Waals surface area (Å²) < 4.78 is 21.4. The van der Waals surface area contributed by atoms with Gasteiger partial charge in [0.05, 0.1) is 52.4 Å². The standard InChI is InChI=1S/C16H33NO5/c1-14(2)13-16(18)17-5-6-19-7-8-20-9-10-21-11-12-22-15(3)4/h14-15H,5-13H2,1-4H3,(H,17,18). The van der Waals surface area contributed by atoms with Gasteiger partial charge < -0.3 is 24.3 Å². The van der Waals surface area contributed by atoms with Crippen LogP contribution in [0, 0.1) is 5.92 Å². The number of carbonyl (C=O) groups is 1. The molecule has 0 aliphatic rings. The molecule has 22 heavy (non-hydrogen) atoms. The number of amides is 1. The van der Waals surface area contributed by atoms with Crippen LogP contribution in [0.15, 0.2) is 0 Å². The molecule has 0 fully saturated rings. The fraction of sp³-hybridized carbons (Fsp3) is 0.938. The first-order valence-corrected chi connectivity index (χ1v) is 8.14. The van der Waals surface area contributed by atoms with Crippen molar-refractivity contribution in [1.82, 2.24) is 5.32 Å². The van der Waals surface area contributed by atoms with E-state index in [1.807, 2.05) is 27.7 Å². The molecular formula is C16H33NO5. The number of ether oxygens (including phenoxy) is 4. The summed E-state index contributed by atoms with van der Waals surface area (Å²) >= 11 is 0. The highest BCUT2D eigenvalue weighted by molar-refractivity contribution is 5.75. The van der Waals surface area contributed by atoms with E-state index < -0.39 is 0 Å². The van der Waals surface area contributed by atoms with Crippen LogP contribution in [0.2, 0.25) is 0 Å². The molecule has 0 aliphatic carbocycles. The van der Waals surface area contributed by atoms with Crippen LogP contribution in [-0.2, 0) is 23.7 Å². The summed E-state index contributed by atoms with van der Waals surface area (Å²) in [4.78, 5) is 11.4. The van der Waals surface area contributed by atoms with Gasteiger partial charge in [-0.15, -0.1) is 0 Å². The molecule has 0 saturated carbocycles. The summed E-state index contributed by atoms with van der Waals surface area (Å²) in [5.74, 6) is 0.460. The zero-order valence-electron chi connectivity index (χ0n) is 14.6. The molecule has 1 N–H and O–H groups in total. The van der Waals surface area contributed by atoms with E-state index in [2.05, 4.69) is 5.32 Å². The van der Waals surface area contributed by atoms with Crippen molar-refractivity contribution in [3.8, 4) is 0 Å². The largest absolute Gasteiger partial charge is 0.377 e. The Kier molecular flexibility index (Phi) is 14.7. The SMILES string of the molecule is CC(C)CC(=O)NCCOCCOCCOCCOC(C)C. The van der Waals surface area contributed by atoms with E-state index in [0.29, 0.717) is 65.1 Å². The first kappa shape index (κ1) is 21.3. The molecule has 0 bridgehead atoms. The van der Waals surface area contributed by atoms with Gasteiger partial charge in [0.1, 0.15) is 0 Å². The van der Waals surface area contributed by atoms with Crippen molar-refractivity contribution >= 4 is 5.91 Å². The van der Waals surface area contributed by atoms with E-state index >= 15 is 0 Å². The third kappa shape index (κ3) is 17.4. The number of rotatable bonds is 15. The second kappa shape index (κ2) is 15.2. The van der Waals surface area contributed by atoms with Crippen LogP contribution < -0.4 is 5.32 Å². The minimum atomic E-state index is 0.0773. The minimum absolute atomic E-state index is 0.0773. The van der Waals surface area contributed by atoms with Gasteiger partial charge in [-0.1, -0.05) is 13.8 Å². The quantitative estimate of drug-likeness (QED) is 0.465. The Balaban J connectivity index is 3.10.